The lowest BCUT2D eigenvalue weighted by Gasteiger charge is -2.31. The molecule has 0 rings (SSSR count). The number of aliphatic hydroxyl groups is 1. The van der Waals surface area contributed by atoms with Crippen LogP contribution in [0, 0.1) is 5.92 Å². The molecule has 0 bridgehead atoms. The van der Waals surface area contributed by atoms with E-state index in [0.29, 0.717) is 13.0 Å². The lowest BCUT2D eigenvalue weighted by Crippen LogP contribution is -2.50. The summed E-state index contributed by atoms with van der Waals surface area (Å²) in [6.45, 7) is 6.37. The second-order valence-electron chi connectivity index (χ2n) is 4.24. The molecule has 0 aliphatic heterocycles. The van der Waals surface area contributed by atoms with Gasteiger partial charge in [0, 0.05) is 6.42 Å². The molecule has 0 aromatic heterocycles. The van der Waals surface area contributed by atoms with Gasteiger partial charge in [0.25, 0.3) is 0 Å². The molecule has 0 heterocycles. The molecule has 4 N–H and O–H groups in total. The summed E-state index contributed by atoms with van der Waals surface area (Å²) in [7, 11) is 0. The summed E-state index contributed by atoms with van der Waals surface area (Å²) in [5, 5.41) is 12.2. The third-order valence-electron chi connectivity index (χ3n) is 3.00. The Hall–Kier alpha value is -0.610. The van der Waals surface area contributed by atoms with Crippen molar-refractivity contribution in [3.05, 3.63) is 0 Å². The molecule has 0 aliphatic carbocycles. The summed E-state index contributed by atoms with van der Waals surface area (Å²) in [5.41, 5.74) is 5.00. The first-order valence-corrected chi connectivity index (χ1v) is 5.65. The van der Waals surface area contributed by atoms with Crippen molar-refractivity contribution in [3.8, 4) is 0 Å². The summed E-state index contributed by atoms with van der Waals surface area (Å²) in [6.07, 6.45) is 1.91. The maximum absolute atomic E-state index is 11.6. The maximum atomic E-state index is 11.6. The number of carbonyl (C=O) groups is 1. The zero-order chi connectivity index (χ0) is 11.9. The molecular formula is C11H24N2O2. The van der Waals surface area contributed by atoms with Crippen molar-refractivity contribution in [2.24, 2.45) is 11.7 Å². The molecule has 4 heteroatoms. The second kappa shape index (κ2) is 6.80. The van der Waals surface area contributed by atoms with Gasteiger partial charge in [-0.15, -0.1) is 0 Å². The Morgan fingerprint density at radius 1 is 1.47 bits per heavy atom. The van der Waals surface area contributed by atoms with Gasteiger partial charge in [-0.3, -0.25) is 4.79 Å². The Labute approximate surface area is 92.2 Å². The third-order valence-corrected chi connectivity index (χ3v) is 3.00. The summed E-state index contributed by atoms with van der Waals surface area (Å²) < 4.78 is 0. The minimum absolute atomic E-state index is 0.0112. The normalized spacial score (nSPS) is 13.7. The maximum Gasteiger partial charge on any atom is 0.220 e. The average Bonchev–Trinajstić information content (AvgIpc) is 2.26. The van der Waals surface area contributed by atoms with E-state index < -0.39 is 5.54 Å². The first-order valence-electron chi connectivity index (χ1n) is 5.65. The van der Waals surface area contributed by atoms with E-state index in [0.717, 1.165) is 12.8 Å². The van der Waals surface area contributed by atoms with Gasteiger partial charge in [0.2, 0.25) is 5.91 Å². The van der Waals surface area contributed by atoms with Crippen LogP contribution in [0.15, 0.2) is 0 Å². The van der Waals surface area contributed by atoms with E-state index in [1.165, 1.54) is 0 Å². The van der Waals surface area contributed by atoms with Crippen LogP contribution in [-0.4, -0.2) is 29.7 Å². The van der Waals surface area contributed by atoms with Gasteiger partial charge in [0.05, 0.1) is 12.1 Å². The van der Waals surface area contributed by atoms with Gasteiger partial charge in [-0.2, -0.15) is 0 Å². The number of nitrogens with one attached hydrogen (secondary N) is 1. The van der Waals surface area contributed by atoms with Crippen molar-refractivity contribution in [2.75, 3.05) is 13.2 Å². The fourth-order valence-electron chi connectivity index (χ4n) is 1.44. The number of hydrogen-bond donors (Lipinski definition) is 3. The van der Waals surface area contributed by atoms with Crippen LogP contribution in [0.4, 0.5) is 0 Å². The number of carbonyl (C=O) groups excluding carboxylic acids is 1. The van der Waals surface area contributed by atoms with E-state index in [2.05, 4.69) is 5.32 Å². The SMILES string of the molecule is CCC(CC)(CO)NC(=O)CC(C)CN. The van der Waals surface area contributed by atoms with Crippen molar-refractivity contribution in [1.82, 2.24) is 5.32 Å². The highest BCUT2D eigenvalue weighted by Crippen LogP contribution is 2.14. The summed E-state index contributed by atoms with van der Waals surface area (Å²) in [5.74, 6) is 0.167. The third kappa shape index (κ3) is 4.62. The van der Waals surface area contributed by atoms with Gasteiger partial charge in [-0.25, -0.2) is 0 Å². The predicted molar refractivity (Wildman–Crippen MR) is 61.4 cm³/mol. The average molecular weight is 216 g/mol. The second-order valence-corrected chi connectivity index (χ2v) is 4.24. The molecule has 1 unspecified atom stereocenters. The Morgan fingerprint density at radius 3 is 2.33 bits per heavy atom. The number of amides is 1. The van der Waals surface area contributed by atoms with E-state index in [9.17, 15) is 9.90 Å². The van der Waals surface area contributed by atoms with Gasteiger partial charge in [-0.05, 0) is 25.3 Å². The van der Waals surface area contributed by atoms with Crippen LogP contribution in [0.2, 0.25) is 0 Å². The molecule has 0 aromatic rings. The van der Waals surface area contributed by atoms with E-state index in [1.807, 2.05) is 20.8 Å². The highest BCUT2D eigenvalue weighted by Gasteiger charge is 2.27. The molecule has 1 amide bonds. The monoisotopic (exact) mass is 216 g/mol. The van der Waals surface area contributed by atoms with E-state index in [1.54, 1.807) is 0 Å². The fourth-order valence-corrected chi connectivity index (χ4v) is 1.44. The first kappa shape index (κ1) is 14.4. The van der Waals surface area contributed by atoms with Gasteiger partial charge in [-0.1, -0.05) is 20.8 Å². The molecule has 0 radical (unpaired) electrons. The van der Waals surface area contributed by atoms with Crippen molar-refractivity contribution < 1.29 is 9.90 Å². The molecule has 0 aliphatic rings. The highest BCUT2D eigenvalue weighted by molar-refractivity contribution is 5.77. The minimum Gasteiger partial charge on any atom is -0.394 e. The fraction of sp³-hybridized carbons (Fsp3) is 0.909. The Bertz CT molecular complexity index is 183. The van der Waals surface area contributed by atoms with Crippen molar-refractivity contribution in [3.63, 3.8) is 0 Å². The number of rotatable bonds is 7. The van der Waals surface area contributed by atoms with Gasteiger partial charge in [0.15, 0.2) is 0 Å². The van der Waals surface area contributed by atoms with Gasteiger partial charge >= 0.3 is 0 Å². The molecule has 0 saturated carbocycles. The van der Waals surface area contributed by atoms with E-state index in [4.69, 9.17) is 5.73 Å². The van der Waals surface area contributed by atoms with Crippen LogP contribution in [0.25, 0.3) is 0 Å². The molecule has 90 valence electrons. The zero-order valence-electron chi connectivity index (χ0n) is 10.0. The van der Waals surface area contributed by atoms with E-state index in [-0.39, 0.29) is 18.4 Å². The Morgan fingerprint density at radius 2 is 2.00 bits per heavy atom. The van der Waals surface area contributed by atoms with Crippen LogP contribution in [-0.2, 0) is 4.79 Å². The van der Waals surface area contributed by atoms with Gasteiger partial charge in [0.1, 0.15) is 0 Å². The number of hydrogen-bond acceptors (Lipinski definition) is 3. The van der Waals surface area contributed by atoms with Crippen molar-refractivity contribution >= 4 is 5.91 Å². The topological polar surface area (TPSA) is 75.3 Å². The van der Waals surface area contributed by atoms with E-state index >= 15 is 0 Å². The molecule has 15 heavy (non-hydrogen) atoms. The van der Waals surface area contributed by atoms with Crippen LogP contribution in [0.5, 0.6) is 0 Å². The molecule has 0 aromatic carbocycles. The highest BCUT2D eigenvalue weighted by atomic mass is 16.3. The Balaban J connectivity index is 4.23. The number of aliphatic hydroxyl groups excluding tert-OH is 1. The first-order chi connectivity index (χ1) is 7.03. The molecule has 4 nitrogen and oxygen atoms in total. The standard InChI is InChI=1S/C11H24N2O2/c1-4-11(5-2,8-14)13-10(15)6-9(3)7-12/h9,14H,4-8,12H2,1-3H3,(H,13,15). The predicted octanol–water partition coefficient (Wildman–Crippen LogP) is 0.639. The lowest BCUT2D eigenvalue weighted by atomic mass is 9.93. The lowest BCUT2D eigenvalue weighted by molar-refractivity contribution is -0.124. The summed E-state index contributed by atoms with van der Waals surface area (Å²) in [6, 6.07) is 0. The van der Waals surface area contributed by atoms with Crippen molar-refractivity contribution in [1.29, 1.82) is 0 Å². The van der Waals surface area contributed by atoms with Crippen LogP contribution >= 0.6 is 0 Å². The summed E-state index contributed by atoms with van der Waals surface area (Å²) in [4.78, 5) is 11.6. The molecule has 0 fully saturated rings. The van der Waals surface area contributed by atoms with Crippen LogP contribution in [0.1, 0.15) is 40.0 Å². The summed E-state index contributed by atoms with van der Waals surface area (Å²) >= 11 is 0. The molecule has 0 spiro atoms. The molecule has 0 saturated heterocycles. The van der Waals surface area contributed by atoms with Crippen LogP contribution < -0.4 is 11.1 Å². The van der Waals surface area contributed by atoms with Crippen molar-refractivity contribution in [2.45, 2.75) is 45.6 Å². The smallest absolute Gasteiger partial charge is 0.220 e. The number of nitrogens with two attached hydrogens (primary N) is 1. The minimum atomic E-state index is -0.453. The van der Waals surface area contributed by atoms with Crippen LogP contribution in [0.3, 0.4) is 0 Å². The largest absolute Gasteiger partial charge is 0.394 e. The molecule has 1 atom stereocenters. The van der Waals surface area contributed by atoms with Gasteiger partial charge < -0.3 is 16.2 Å². The Kier molecular flexibility index (Phi) is 6.52. The zero-order valence-corrected chi connectivity index (χ0v) is 10.0. The molecular weight excluding hydrogens is 192 g/mol. The quantitative estimate of drug-likeness (QED) is 0.584.